The molecule has 90 valence electrons. The zero-order valence-corrected chi connectivity index (χ0v) is 9.96. The van der Waals surface area contributed by atoms with Crippen LogP contribution in [-0.4, -0.2) is 25.1 Å². The normalized spacial score (nSPS) is 33.1. The molecule has 0 saturated carbocycles. The number of fused-ring (bicyclic) bond motifs is 1. The van der Waals surface area contributed by atoms with Gasteiger partial charge in [0.05, 0.1) is 5.75 Å². The summed E-state index contributed by atoms with van der Waals surface area (Å²) in [6.07, 6.45) is 0. The van der Waals surface area contributed by atoms with Gasteiger partial charge in [-0.05, 0) is 25.1 Å². The van der Waals surface area contributed by atoms with Crippen LogP contribution in [0.5, 0.6) is 0 Å². The number of hydrogen-bond donors (Lipinski definition) is 1. The molecule has 0 amide bonds. The van der Waals surface area contributed by atoms with Gasteiger partial charge in [-0.15, -0.1) is 0 Å². The van der Waals surface area contributed by atoms with E-state index in [1.807, 2.05) is 0 Å². The van der Waals surface area contributed by atoms with E-state index in [9.17, 15) is 12.8 Å². The van der Waals surface area contributed by atoms with Crippen LogP contribution < -0.4 is 5.73 Å². The van der Waals surface area contributed by atoms with Crippen LogP contribution in [0.25, 0.3) is 0 Å². The first kappa shape index (κ1) is 10.7. The highest BCUT2D eigenvalue weighted by Gasteiger charge is 2.62. The van der Waals surface area contributed by atoms with E-state index < -0.39 is 26.4 Å². The van der Waals surface area contributed by atoms with Crippen LogP contribution in [0, 0.1) is 5.82 Å². The maximum absolute atomic E-state index is 13.7. The number of hydrogen-bond acceptors (Lipinski definition) is 4. The van der Waals surface area contributed by atoms with E-state index >= 15 is 0 Å². The summed E-state index contributed by atoms with van der Waals surface area (Å²) in [5, 5.41) is -0.661. The molecular formula is C11H11FN2O2S. The zero-order chi connectivity index (χ0) is 12.4. The minimum Gasteiger partial charge on any atom is -0.399 e. The van der Waals surface area contributed by atoms with E-state index in [2.05, 4.69) is 4.99 Å². The maximum Gasteiger partial charge on any atom is 0.166 e. The Morgan fingerprint density at radius 1 is 1.53 bits per heavy atom. The summed E-state index contributed by atoms with van der Waals surface area (Å²) in [5.41, 5.74) is 5.91. The molecule has 4 nitrogen and oxygen atoms in total. The summed E-state index contributed by atoms with van der Waals surface area (Å²) in [6.45, 7) is 1.63. The summed E-state index contributed by atoms with van der Waals surface area (Å²) in [7, 11) is -3.15. The molecule has 1 fully saturated rings. The van der Waals surface area contributed by atoms with E-state index in [4.69, 9.17) is 5.73 Å². The second-order valence-electron chi connectivity index (χ2n) is 4.68. The number of nitrogens with two attached hydrogens (primary N) is 1. The predicted molar refractivity (Wildman–Crippen MR) is 63.2 cm³/mol. The minimum atomic E-state index is -3.15. The van der Waals surface area contributed by atoms with Gasteiger partial charge in [0.15, 0.2) is 9.84 Å². The highest BCUT2D eigenvalue weighted by molar-refractivity contribution is 7.96. The highest BCUT2D eigenvalue weighted by atomic mass is 32.2. The van der Waals surface area contributed by atoms with Gasteiger partial charge in [-0.25, -0.2) is 12.8 Å². The van der Waals surface area contributed by atoms with Gasteiger partial charge in [-0.2, -0.15) is 0 Å². The quantitative estimate of drug-likeness (QED) is 0.756. The Bertz CT molecular complexity index is 653. The van der Waals surface area contributed by atoms with Gasteiger partial charge in [0.2, 0.25) is 0 Å². The van der Waals surface area contributed by atoms with Crippen LogP contribution in [-0.2, 0) is 15.4 Å². The van der Waals surface area contributed by atoms with Crippen molar-refractivity contribution in [2.45, 2.75) is 17.7 Å². The molecule has 0 aromatic heterocycles. The van der Waals surface area contributed by atoms with Crippen molar-refractivity contribution >= 4 is 21.2 Å². The molecule has 2 aliphatic heterocycles. The van der Waals surface area contributed by atoms with Crippen LogP contribution in [0.15, 0.2) is 23.2 Å². The molecule has 1 aromatic rings. The molecule has 6 heteroatoms. The Hall–Kier alpha value is -1.43. The highest BCUT2D eigenvalue weighted by Crippen LogP contribution is 2.48. The van der Waals surface area contributed by atoms with Crippen molar-refractivity contribution in [1.82, 2.24) is 0 Å². The summed E-state index contributed by atoms with van der Waals surface area (Å²) in [5.74, 6) is -0.455. The third-order valence-electron chi connectivity index (χ3n) is 3.43. The summed E-state index contributed by atoms with van der Waals surface area (Å²) < 4.78 is 37.0. The molecule has 2 N–H and O–H groups in total. The monoisotopic (exact) mass is 254 g/mol. The van der Waals surface area contributed by atoms with Crippen LogP contribution >= 0.6 is 0 Å². The SMILES string of the molecule is CC1(c2cc(N)ccc2F)N=C2CS(=O)(=O)C21. The van der Waals surface area contributed by atoms with E-state index in [1.165, 1.54) is 18.2 Å². The fraction of sp³-hybridized carbons (Fsp3) is 0.364. The van der Waals surface area contributed by atoms with E-state index in [0.29, 0.717) is 11.4 Å². The maximum atomic E-state index is 13.7. The molecule has 0 bridgehead atoms. The van der Waals surface area contributed by atoms with Crippen LogP contribution in [0.2, 0.25) is 0 Å². The zero-order valence-electron chi connectivity index (χ0n) is 9.14. The Labute approximate surface area is 98.3 Å². The molecule has 3 rings (SSSR count). The van der Waals surface area contributed by atoms with E-state index in [1.54, 1.807) is 6.92 Å². The van der Waals surface area contributed by atoms with Crippen molar-refractivity contribution in [3.8, 4) is 0 Å². The van der Waals surface area contributed by atoms with Gasteiger partial charge in [0, 0.05) is 17.0 Å². The topological polar surface area (TPSA) is 72.5 Å². The minimum absolute atomic E-state index is 0.0111. The number of halogens is 1. The number of rotatable bonds is 1. The van der Waals surface area contributed by atoms with Crippen molar-refractivity contribution in [2.75, 3.05) is 11.5 Å². The predicted octanol–water partition coefficient (Wildman–Crippen LogP) is 0.875. The van der Waals surface area contributed by atoms with Gasteiger partial charge < -0.3 is 5.73 Å². The molecule has 2 aliphatic rings. The standard InChI is InChI=1S/C11H11FN2O2S/c1-11(7-4-6(13)2-3-8(7)12)10-9(14-11)5-17(10,15)16/h2-4,10H,5,13H2,1H3. The van der Waals surface area contributed by atoms with Crippen LogP contribution in [0.4, 0.5) is 10.1 Å². The first-order chi connectivity index (χ1) is 7.84. The number of benzene rings is 1. The van der Waals surface area contributed by atoms with Crippen molar-refractivity contribution in [3.05, 3.63) is 29.6 Å². The second kappa shape index (κ2) is 2.87. The first-order valence-electron chi connectivity index (χ1n) is 5.20. The number of sulfone groups is 1. The summed E-state index contributed by atoms with van der Waals surface area (Å²) in [6, 6.07) is 4.15. The molecule has 17 heavy (non-hydrogen) atoms. The molecule has 0 spiro atoms. The van der Waals surface area contributed by atoms with Gasteiger partial charge in [0.1, 0.15) is 16.6 Å². The largest absolute Gasteiger partial charge is 0.399 e. The van der Waals surface area contributed by atoms with Crippen molar-refractivity contribution in [2.24, 2.45) is 4.99 Å². The number of nitrogen functional groups attached to an aromatic ring is 1. The number of aliphatic imine (C=N–C) groups is 1. The molecule has 2 heterocycles. The van der Waals surface area contributed by atoms with Crippen LogP contribution in [0.3, 0.4) is 0 Å². The number of nitrogens with zero attached hydrogens (tertiary/aromatic N) is 1. The molecule has 1 aromatic carbocycles. The molecule has 2 atom stereocenters. The Kier molecular flexibility index (Phi) is 1.81. The lowest BCUT2D eigenvalue weighted by Gasteiger charge is -2.49. The second-order valence-corrected chi connectivity index (χ2v) is 6.76. The molecule has 2 unspecified atom stereocenters. The average molecular weight is 254 g/mol. The Morgan fingerprint density at radius 2 is 2.24 bits per heavy atom. The number of anilines is 1. The third-order valence-corrected chi connectivity index (χ3v) is 5.58. The fourth-order valence-electron chi connectivity index (χ4n) is 2.66. The van der Waals surface area contributed by atoms with Gasteiger partial charge in [-0.1, -0.05) is 0 Å². The smallest absolute Gasteiger partial charge is 0.166 e. The summed E-state index contributed by atoms with van der Waals surface area (Å²) >= 11 is 0. The van der Waals surface area contributed by atoms with Crippen molar-refractivity contribution in [3.63, 3.8) is 0 Å². The lowest BCUT2D eigenvalue weighted by atomic mass is 9.80. The fourth-order valence-corrected chi connectivity index (χ4v) is 4.60. The Balaban J connectivity index is 2.15. The lowest BCUT2D eigenvalue weighted by Crippen LogP contribution is -2.66. The van der Waals surface area contributed by atoms with Gasteiger partial charge in [-0.3, -0.25) is 4.99 Å². The average Bonchev–Trinajstić information content (AvgIpc) is 2.18. The molecule has 0 radical (unpaired) electrons. The van der Waals surface area contributed by atoms with Crippen molar-refractivity contribution < 1.29 is 12.8 Å². The Morgan fingerprint density at radius 3 is 2.82 bits per heavy atom. The first-order valence-corrected chi connectivity index (χ1v) is 6.92. The van der Waals surface area contributed by atoms with E-state index in [-0.39, 0.29) is 11.3 Å². The van der Waals surface area contributed by atoms with Crippen molar-refractivity contribution in [1.29, 1.82) is 0 Å². The molecule has 0 aliphatic carbocycles. The van der Waals surface area contributed by atoms with Crippen LogP contribution in [0.1, 0.15) is 12.5 Å². The lowest BCUT2D eigenvalue weighted by molar-refractivity contribution is 0.421. The summed E-state index contributed by atoms with van der Waals surface area (Å²) in [4.78, 5) is 4.23. The molecule has 1 saturated heterocycles. The van der Waals surface area contributed by atoms with E-state index in [0.717, 1.165) is 0 Å². The molecular weight excluding hydrogens is 243 g/mol. The van der Waals surface area contributed by atoms with Gasteiger partial charge in [0.25, 0.3) is 0 Å². The third kappa shape index (κ3) is 1.21. The van der Waals surface area contributed by atoms with Gasteiger partial charge >= 0.3 is 0 Å².